The predicted molar refractivity (Wildman–Crippen MR) is 192 cm³/mol. The number of pyridine rings is 3. The van der Waals surface area contributed by atoms with Gasteiger partial charge in [-0.25, -0.2) is 18.8 Å². The highest BCUT2D eigenvalue weighted by Crippen LogP contribution is 2.09. The van der Waals surface area contributed by atoms with E-state index in [0.29, 0.717) is 24.2 Å². The summed E-state index contributed by atoms with van der Waals surface area (Å²) in [4.78, 5) is 71.2. The van der Waals surface area contributed by atoms with Gasteiger partial charge in [0.25, 0.3) is 0 Å². The Hall–Kier alpha value is -6.64. The number of carbonyl (C=O) groups is 3. The first-order valence-electron chi connectivity index (χ1n) is 15.9. The molecule has 280 valence electrons. The Bertz CT molecular complexity index is 2210. The first-order chi connectivity index (χ1) is 24.7. The number of carboxylic acids is 1. The number of benzene rings is 2. The van der Waals surface area contributed by atoms with Gasteiger partial charge in [-0.2, -0.15) is 0 Å². The van der Waals surface area contributed by atoms with E-state index in [2.05, 4.69) is 4.98 Å². The predicted octanol–water partition coefficient (Wildman–Crippen LogP) is 4.83. The van der Waals surface area contributed by atoms with Gasteiger partial charge in [0.15, 0.2) is 16.6 Å². The van der Waals surface area contributed by atoms with Crippen molar-refractivity contribution in [2.45, 2.75) is 40.8 Å². The van der Waals surface area contributed by atoms with E-state index in [1.54, 1.807) is 56.8 Å². The Morgan fingerprint density at radius 3 is 1.85 bits per heavy atom. The summed E-state index contributed by atoms with van der Waals surface area (Å²) in [5.41, 5.74) is 0.751. The van der Waals surface area contributed by atoms with Gasteiger partial charge in [0.05, 0.1) is 19.4 Å². The van der Waals surface area contributed by atoms with Gasteiger partial charge in [-0.05, 0) is 51.0 Å². The van der Waals surface area contributed by atoms with Crippen LogP contribution >= 0.6 is 0 Å². The molecule has 0 atom stereocenters. The van der Waals surface area contributed by atoms with Gasteiger partial charge in [-0.15, -0.1) is 0 Å². The lowest BCUT2D eigenvalue weighted by Crippen LogP contribution is -2.22. The number of hydrogen-bond acceptors (Lipinski definition) is 9. The van der Waals surface area contributed by atoms with Gasteiger partial charge < -0.3 is 33.8 Å². The fourth-order valence-electron chi connectivity index (χ4n) is 4.68. The Morgan fingerprint density at radius 1 is 0.698 bits per heavy atom. The number of hydrogen-bond donors (Lipinski definition) is 3. The molecule has 0 fully saturated rings. The number of nitrogens with zero attached hydrogens (tertiary/aromatic N) is 2. The van der Waals surface area contributed by atoms with Crippen molar-refractivity contribution in [3.8, 4) is 5.75 Å². The number of aromatic carboxylic acids is 1. The minimum Gasteiger partial charge on any atom is -0.503 e. The van der Waals surface area contributed by atoms with Crippen LogP contribution in [0.2, 0.25) is 0 Å². The normalized spacial score (nSPS) is 9.98. The molecule has 0 saturated carbocycles. The maximum atomic E-state index is 13.2. The van der Waals surface area contributed by atoms with Gasteiger partial charge >= 0.3 is 17.9 Å². The second-order valence-electron chi connectivity index (χ2n) is 11.2. The van der Waals surface area contributed by atoms with Crippen molar-refractivity contribution >= 4 is 17.9 Å². The molecule has 0 saturated heterocycles. The molecule has 2 aromatic carbocycles. The van der Waals surface area contributed by atoms with Crippen LogP contribution in [0.25, 0.3) is 0 Å². The molecule has 5 aromatic rings. The molecular weight excluding hydrogens is 696 g/mol. The zero-order valence-electron chi connectivity index (χ0n) is 29.3. The molecule has 0 aliphatic heterocycles. The first kappa shape index (κ1) is 42.5. The Balaban J connectivity index is 0.000000280. The minimum absolute atomic E-state index is 0. The second kappa shape index (κ2) is 20.3. The molecule has 3 N–H and O–H groups in total. The summed E-state index contributed by atoms with van der Waals surface area (Å²) in [5, 5.41) is 18.3. The van der Waals surface area contributed by atoms with Crippen molar-refractivity contribution in [3.63, 3.8) is 0 Å². The van der Waals surface area contributed by atoms with Crippen molar-refractivity contribution in [1.82, 2.24) is 14.1 Å². The quantitative estimate of drug-likeness (QED) is 0.177. The van der Waals surface area contributed by atoms with Gasteiger partial charge in [0.1, 0.15) is 22.5 Å². The van der Waals surface area contributed by atoms with E-state index in [0.717, 1.165) is 11.1 Å². The van der Waals surface area contributed by atoms with Crippen LogP contribution in [-0.2, 0) is 22.6 Å². The maximum absolute atomic E-state index is 13.2. The van der Waals surface area contributed by atoms with Crippen molar-refractivity contribution in [3.05, 3.63) is 167 Å². The van der Waals surface area contributed by atoms with E-state index in [-0.39, 0.29) is 45.7 Å². The molecule has 13 nitrogen and oxygen atoms in total. The molecule has 0 unspecified atom stereocenters. The summed E-state index contributed by atoms with van der Waals surface area (Å²) in [5.74, 6) is -3.45. The fraction of sp³-hybridized carbons (Fsp3) is 0.211. The fourth-order valence-corrected chi connectivity index (χ4v) is 4.68. The summed E-state index contributed by atoms with van der Waals surface area (Å²) < 4.78 is 25.9. The molecule has 0 amide bonds. The van der Waals surface area contributed by atoms with Crippen LogP contribution in [0.3, 0.4) is 0 Å². The van der Waals surface area contributed by atoms with Crippen LogP contribution in [-0.4, -0.2) is 55.5 Å². The van der Waals surface area contributed by atoms with E-state index >= 15 is 0 Å². The molecule has 53 heavy (non-hydrogen) atoms. The summed E-state index contributed by atoms with van der Waals surface area (Å²) in [6.07, 6.45) is 8.42. The number of carboxylic acid groups (broad SMARTS) is 1. The number of aromatic nitrogens is 3. The molecular formula is C38H39F2N3O10. The summed E-state index contributed by atoms with van der Waals surface area (Å²) >= 11 is 0. The van der Waals surface area contributed by atoms with Gasteiger partial charge in [-0.3, -0.25) is 19.1 Å². The lowest BCUT2D eigenvalue weighted by atomic mass is 10.1. The third-order valence-electron chi connectivity index (χ3n) is 7.13. The lowest BCUT2D eigenvalue weighted by Gasteiger charge is -2.10. The van der Waals surface area contributed by atoms with E-state index in [9.17, 15) is 38.3 Å². The number of carbonyl (C=O) groups excluding carboxylic acids is 2. The Morgan fingerprint density at radius 2 is 1.25 bits per heavy atom. The number of aromatic hydroxyl groups is 1. The molecule has 3 heterocycles. The minimum atomic E-state index is -1.35. The molecule has 3 aromatic heterocycles. The first-order valence-corrected chi connectivity index (χ1v) is 15.9. The van der Waals surface area contributed by atoms with E-state index in [1.807, 2.05) is 30.3 Å². The molecule has 0 spiro atoms. The topological polar surface area (TPSA) is 187 Å². The molecule has 0 radical (unpaired) electrons. The number of nitrogens with one attached hydrogen (secondary N) is 1. The SMILES string of the molecule is CCOC(=O)c1c[nH]cc(C)c1=O.CCOC(=O)c1cn(Cc2cccc(F)c2)cc(C)c1=O.F.O=C(O)c1cn(Cc2ccccc2)cc(O)c1=O. The number of H-pyrrole nitrogens is 1. The van der Waals surface area contributed by atoms with Crippen LogP contribution in [0, 0.1) is 19.7 Å². The third-order valence-corrected chi connectivity index (χ3v) is 7.13. The lowest BCUT2D eigenvalue weighted by molar-refractivity contribution is 0.0514. The number of halogens is 2. The second-order valence-corrected chi connectivity index (χ2v) is 11.2. The van der Waals surface area contributed by atoms with Crippen molar-refractivity contribution in [2.24, 2.45) is 0 Å². The Kier molecular flexibility index (Phi) is 16.3. The summed E-state index contributed by atoms with van der Waals surface area (Å²) in [6.45, 7) is 7.87. The van der Waals surface area contributed by atoms with Crippen molar-refractivity contribution < 1.29 is 43.2 Å². The van der Waals surface area contributed by atoms with Crippen molar-refractivity contribution in [1.29, 1.82) is 0 Å². The van der Waals surface area contributed by atoms with E-state index < -0.39 is 34.6 Å². The van der Waals surface area contributed by atoms with Gasteiger partial charge in [0.2, 0.25) is 5.43 Å². The molecule has 0 aliphatic carbocycles. The molecule has 5 rings (SSSR count). The van der Waals surface area contributed by atoms with Gasteiger partial charge in [-0.1, -0.05) is 42.5 Å². The zero-order chi connectivity index (χ0) is 38.4. The Labute approximate surface area is 301 Å². The average Bonchev–Trinajstić information content (AvgIpc) is 3.10. The molecule has 0 aliphatic rings. The highest BCUT2D eigenvalue weighted by Gasteiger charge is 2.15. The van der Waals surface area contributed by atoms with Crippen LogP contribution in [0.1, 0.15) is 67.2 Å². The average molecular weight is 736 g/mol. The van der Waals surface area contributed by atoms with Gasteiger partial charge in [0, 0.05) is 55.2 Å². The number of aryl methyl sites for hydroxylation is 2. The molecule has 0 bridgehead atoms. The smallest absolute Gasteiger partial charge is 0.343 e. The third kappa shape index (κ3) is 12.3. The summed E-state index contributed by atoms with van der Waals surface area (Å²) in [7, 11) is 0. The van der Waals surface area contributed by atoms with E-state index in [1.165, 1.54) is 41.5 Å². The zero-order valence-corrected chi connectivity index (χ0v) is 29.3. The van der Waals surface area contributed by atoms with Crippen LogP contribution in [0.15, 0.2) is 106 Å². The van der Waals surface area contributed by atoms with Crippen LogP contribution in [0.4, 0.5) is 9.09 Å². The number of rotatable bonds is 9. The largest absolute Gasteiger partial charge is 0.503 e. The van der Waals surface area contributed by atoms with Crippen molar-refractivity contribution in [2.75, 3.05) is 13.2 Å². The summed E-state index contributed by atoms with van der Waals surface area (Å²) in [6, 6.07) is 15.5. The standard InChI is InChI=1S/C16H16FNO3.C13H11NO4.C9H11NO3.FH/c1-3-21-16(20)14-10-18(8-11(2)15(14)19)9-12-5-4-6-13(17)7-12;15-11-8-14(6-9-4-2-1-3-5-9)7-10(12(11)16)13(17)18;1-3-13-9(12)7-5-10-4-6(2)8(7)11;/h4-8,10H,3,9H2,1-2H3;1-5,7-8,15H,6H2,(H,17,18);4-5H,3H2,1-2H3,(H,10,11);1H. The monoisotopic (exact) mass is 735 g/mol. The van der Waals surface area contributed by atoms with E-state index in [4.69, 9.17) is 14.6 Å². The maximum Gasteiger partial charge on any atom is 0.343 e. The number of aromatic amines is 1. The molecule has 15 heteroatoms. The number of esters is 2. The van der Waals surface area contributed by atoms with Crippen LogP contribution in [0.5, 0.6) is 5.75 Å². The number of ether oxygens (including phenoxy) is 2. The highest BCUT2D eigenvalue weighted by molar-refractivity contribution is 5.89. The highest BCUT2D eigenvalue weighted by atomic mass is 19.1. The van der Waals surface area contributed by atoms with Crippen LogP contribution < -0.4 is 16.3 Å².